The lowest BCUT2D eigenvalue weighted by Gasteiger charge is -2.22. The third-order valence-electron chi connectivity index (χ3n) is 3.07. The van der Waals surface area contributed by atoms with Crippen molar-refractivity contribution in [3.8, 4) is 0 Å². The van der Waals surface area contributed by atoms with Gasteiger partial charge in [0, 0.05) is 12.2 Å². The smallest absolute Gasteiger partial charge is 0.248 e. The van der Waals surface area contributed by atoms with Crippen molar-refractivity contribution in [1.29, 1.82) is 0 Å². The molecule has 0 aliphatic heterocycles. The summed E-state index contributed by atoms with van der Waals surface area (Å²) in [5, 5.41) is 16.5. The van der Waals surface area contributed by atoms with Gasteiger partial charge in [-0.15, -0.1) is 5.10 Å². The largest absolute Gasteiger partial charge is 0.390 e. The van der Waals surface area contributed by atoms with Crippen LogP contribution in [-0.2, 0) is 17.9 Å². The molecule has 6 nitrogen and oxygen atoms in total. The fourth-order valence-electron chi connectivity index (χ4n) is 2.06. The molecule has 1 aromatic heterocycles. The van der Waals surface area contributed by atoms with Crippen molar-refractivity contribution in [2.24, 2.45) is 0 Å². The zero-order valence-corrected chi connectivity index (χ0v) is 11.7. The lowest BCUT2D eigenvalue weighted by Crippen LogP contribution is -2.34. The first-order valence-electron chi connectivity index (χ1n) is 6.51. The number of anilines is 1. The SMILES string of the molecule is CCN(C(=O)Cn1cc(CO)nn1)c1ccccc1C. The van der Waals surface area contributed by atoms with E-state index in [4.69, 9.17) is 5.11 Å². The van der Waals surface area contributed by atoms with E-state index in [1.165, 1.54) is 4.68 Å². The average Bonchev–Trinajstić information content (AvgIpc) is 2.89. The number of carbonyl (C=O) groups is 1. The number of hydrogen-bond donors (Lipinski definition) is 1. The van der Waals surface area contributed by atoms with Crippen LogP contribution < -0.4 is 4.90 Å². The van der Waals surface area contributed by atoms with Gasteiger partial charge in [0.15, 0.2) is 0 Å². The van der Waals surface area contributed by atoms with Crippen molar-refractivity contribution < 1.29 is 9.90 Å². The summed E-state index contributed by atoms with van der Waals surface area (Å²) in [6, 6.07) is 7.77. The highest BCUT2D eigenvalue weighted by atomic mass is 16.3. The van der Waals surface area contributed by atoms with E-state index in [0.717, 1.165) is 11.3 Å². The highest BCUT2D eigenvalue weighted by molar-refractivity contribution is 5.93. The van der Waals surface area contributed by atoms with Crippen molar-refractivity contribution in [3.05, 3.63) is 41.7 Å². The second-order valence-electron chi connectivity index (χ2n) is 4.49. The molecule has 1 N–H and O–H groups in total. The molecule has 0 spiro atoms. The lowest BCUT2D eigenvalue weighted by molar-refractivity contribution is -0.119. The van der Waals surface area contributed by atoms with Gasteiger partial charge in [-0.3, -0.25) is 4.79 Å². The predicted octanol–water partition coefficient (Wildman–Crippen LogP) is 1.13. The van der Waals surface area contributed by atoms with Crippen LogP contribution >= 0.6 is 0 Å². The second kappa shape index (κ2) is 6.29. The summed E-state index contributed by atoms with van der Waals surface area (Å²) in [6.07, 6.45) is 1.57. The van der Waals surface area contributed by atoms with Crippen molar-refractivity contribution in [2.45, 2.75) is 27.0 Å². The Labute approximate surface area is 117 Å². The standard InChI is InChI=1S/C14H18N4O2/c1-3-18(13-7-5-4-6-11(13)2)14(20)9-17-8-12(10-19)15-16-17/h4-8,19H,3,9-10H2,1-2H3. The number of aryl methyl sites for hydroxylation is 1. The number of rotatable bonds is 5. The highest BCUT2D eigenvalue weighted by Gasteiger charge is 2.16. The minimum absolute atomic E-state index is 0.0591. The molecule has 0 saturated heterocycles. The first-order chi connectivity index (χ1) is 9.65. The summed E-state index contributed by atoms with van der Waals surface area (Å²) >= 11 is 0. The third-order valence-corrected chi connectivity index (χ3v) is 3.07. The molecule has 6 heteroatoms. The van der Waals surface area contributed by atoms with E-state index >= 15 is 0 Å². The minimum atomic E-state index is -0.177. The Balaban J connectivity index is 2.15. The molecule has 1 aromatic carbocycles. The Morgan fingerprint density at radius 3 is 2.75 bits per heavy atom. The van der Waals surface area contributed by atoms with Gasteiger partial charge >= 0.3 is 0 Å². The van der Waals surface area contributed by atoms with Crippen LogP contribution in [0.1, 0.15) is 18.2 Å². The third kappa shape index (κ3) is 3.03. The van der Waals surface area contributed by atoms with Crippen LogP contribution in [0.2, 0.25) is 0 Å². The summed E-state index contributed by atoms with van der Waals surface area (Å²) < 4.78 is 1.44. The maximum absolute atomic E-state index is 12.4. The van der Waals surface area contributed by atoms with E-state index in [9.17, 15) is 4.79 Å². The van der Waals surface area contributed by atoms with Crippen LogP contribution in [0.5, 0.6) is 0 Å². The quantitative estimate of drug-likeness (QED) is 0.887. The first kappa shape index (κ1) is 14.2. The Bertz CT molecular complexity index is 594. The fraction of sp³-hybridized carbons (Fsp3) is 0.357. The molecular formula is C14H18N4O2. The second-order valence-corrected chi connectivity index (χ2v) is 4.49. The first-order valence-corrected chi connectivity index (χ1v) is 6.51. The maximum atomic E-state index is 12.4. The van der Waals surface area contributed by atoms with Crippen LogP contribution in [0.25, 0.3) is 0 Å². The van der Waals surface area contributed by atoms with E-state index in [1.807, 2.05) is 38.1 Å². The summed E-state index contributed by atoms with van der Waals surface area (Å²) in [6.45, 7) is 4.43. The van der Waals surface area contributed by atoms with Crippen LogP contribution in [0, 0.1) is 6.92 Å². The van der Waals surface area contributed by atoms with Crippen LogP contribution in [-0.4, -0.2) is 32.6 Å². The Kier molecular flexibility index (Phi) is 4.47. The van der Waals surface area contributed by atoms with E-state index in [2.05, 4.69) is 10.3 Å². The molecule has 2 aromatic rings. The van der Waals surface area contributed by atoms with Crippen molar-refractivity contribution >= 4 is 11.6 Å². The summed E-state index contributed by atoms with van der Waals surface area (Å²) in [5.41, 5.74) is 2.41. The number of benzene rings is 1. The predicted molar refractivity (Wildman–Crippen MR) is 75.2 cm³/mol. The summed E-state index contributed by atoms with van der Waals surface area (Å²) in [7, 11) is 0. The van der Waals surface area contributed by atoms with Gasteiger partial charge in [0.25, 0.3) is 0 Å². The Hall–Kier alpha value is -2.21. The molecular weight excluding hydrogens is 256 g/mol. The average molecular weight is 274 g/mol. The minimum Gasteiger partial charge on any atom is -0.390 e. The number of aliphatic hydroxyl groups is 1. The van der Waals surface area contributed by atoms with Gasteiger partial charge in [-0.25, -0.2) is 4.68 Å². The molecule has 0 bridgehead atoms. The van der Waals surface area contributed by atoms with Crippen LogP contribution in [0.4, 0.5) is 5.69 Å². The van der Waals surface area contributed by atoms with Crippen LogP contribution in [0.3, 0.4) is 0 Å². The molecule has 20 heavy (non-hydrogen) atoms. The Morgan fingerprint density at radius 2 is 2.15 bits per heavy atom. The molecule has 0 unspecified atom stereocenters. The number of hydrogen-bond acceptors (Lipinski definition) is 4. The number of amides is 1. The van der Waals surface area contributed by atoms with Crippen molar-refractivity contribution in [3.63, 3.8) is 0 Å². The number of para-hydroxylation sites is 1. The van der Waals surface area contributed by atoms with Gasteiger partial charge in [-0.1, -0.05) is 23.4 Å². The van der Waals surface area contributed by atoms with Gasteiger partial charge in [0.2, 0.25) is 5.91 Å². The maximum Gasteiger partial charge on any atom is 0.248 e. The van der Waals surface area contributed by atoms with Gasteiger partial charge in [0.05, 0.1) is 12.8 Å². The van der Waals surface area contributed by atoms with Gasteiger partial charge in [-0.05, 0) is 25.5 Å². The van der Waals surface area contributed by atoms with Gasteiger partial charge < -0.3 is 10.0 Å². The zero-order valence-electron chi connectivity index (χ0n) is 11.7. The van der Waals surface area contributed by atoms with E-state index in [0.29, 0.717) is 12.2 Å². The number of aromatic nitrogens is 3. The van der Waals surface area contributed by atoms with Crippen molar-refractivity contribution in [1.82, 2.24) is 15.0 Å². The molecule has 0 atom stereocenters. The lowest BCUT2D eigenvalue weighted by atomic mass is 10.2. The normalized spacial score (nSPS) is 10.6. The topological polar surface area (TPSA) is 71.2 Å². The molecule has 0 aliphatic carbocycles. The summed E-state index contributed by atoms with van der Waals surface area (Å²) in [4.78, 5) is 14.1. The summed E-state index contributed by atoms with van der Waals surface area (Å²) in [5.74, 6) is -0.0591. The van der Waals surface area contributed by atoms with E-state index in [-0.39, 0.29) is 19.1 Å². The molecule has 2 rings (SSSR count). The monoisotopic (exact) mass is 274 g/mol. The highest BCUT2D eigenvalue weighted by Crippen LogP contribution is 2.19. The van der Waals surface area contributed by atoms with E-state index in [1.54, 1.807) is 11.1 Å². The molecule has 106 valence electrons. The van der Waals surface area contributed by atoms with Crippen LogP contribution in [0.15, 0.2) is 30.5 Å². The fourth-order valence-corrected chi connectivity index (χ4v) is 2.06. The van der Waals surface area contributed by atoms with Gasteiger partial charge in [-0.2, -0.15) is 0 Å². The number of aliphatic hydroxyl groups excluding tert-OH is 1. The number of carbonyl (C=O) groups excluding carboxylic acids is 1. The van der Waals surface area contributed by atoms with Gasteiger partial charge in [0.1, 0.15) is 12.2 Å². The molecule has 0 saturated carbocycles. The molecule has 0 fully saturated rings. The number of nitrogens with zero attached hydrogens (tertiary/aromatic N) is 4. The van der Waals surface area contributed by atoms with E-state index < -0.39 is 0 Å². The number of likely N-dealkylation sites (N-methyl/N-ethyl adjacent to an activating group) is 1. The van der Waals surface area contributed by atoms with Crippen molar-refractivity contribution in [2.75, 3.05) is 11.4 Å². The zero-order chi connectivity index (χ0) is 14.5. The molecule has 0 radical (unpaired) electrons. The Morgan fingerprint density at radius 1 is 1.40 bits per heavy atom. The molecule has 1 amide bonds. The molecule has 0 aliphatic rings. The molecule has 1 heterocycles.